The van der Waals surface area contributed by atoms with Crippen LogP contribution in [0.1, 0.15) is 0 Å². The molecule has 2 unspecified atom stereocenters. The van der Waals surface area contributed by atoms with E-state index in [1.165, 1.54) is 0 Å². The summed E-state index contributed by atoms with van der Waals surface area (Å²) >= 11 is 0. The summed E-state index contributed by atoms with van der Waals surface area (Å²) in [5.41, 5.74) is 0. The molecule has 0 aliphatic carbocycles. The van der Waals surface area contributed by atoms with Crippen molar-refractivity contribution in [1.82, 2.24) is 0 Å². The molecule has 0 amide bonds. The van der Waals surface area contributed by atoms with Gasteiger partial charge < -0.3 is 40.9 Å². The average Bonchev–Trinajstić information content (AvgIpc) is 2.82. The molecular formula is C12H25O12S2+. The van der Waals surface area contributed by atoms with E-state index in [0.717, 1.165) is 0 Å². The highest BCUT2D eigenvalue weighted by atomic mass is 32.3. The van der Waals surface area contributed by atoms with Crippen LogP contribution in [0.5, 0.6) is 0 Å². The van der Waals surface area contributed by atoms with Crippen LogP contribution in [0, 0.1) is 0 Å². The minimum Gasteiger partial charge on any atom is -0.394 e. The summed E-state index contributed by atoms with van der Waals surface area (Å²) in [6, 6.07) is 0. The van der Waals surface area contributed by atoms with E-state index in [2.05, 4.69) is 4.18 Å². The van der Waals surface area contributed by atoms with Gasteiger partial charge in [-0.3, -0.25) is 4.55 Å². The Bertz CT molecular complexity index is 530. The molecule has 1 saturated heterocycles. The van der Waals surface area contributed by atoms with Gasteiger partial charge in [0.1, 0.15) is 54.2 Å². The number of rotatable bonds is 10. The van der Waals surface area contributed by atoms with Crippen LogP contribution in [0.3, 0.4) is 0 Å². The largest absolute Gasteiger partial charge is 0.397 e. The van der Waals surface area contributed by atoms with Crippen molar-refractivity contribution in [2.24, 2.45) is 0 Å². The molecule has 1 aliphatic rings. The van der Waals surface area contributed by atoms with Gasteiger partial charge in [-0.2, -0.15) is 8.42 Å². The fourth-order valence-corrected chi connectivity index (χ4v) is 5.83. The Morgan fingerprint density at radius 2 is 1.62 bits per heavy atom. The summed E-state index contributed by atoms with van der Waals surface area (Å²) in [6.07, 6.45) is -12.6. The number of hydrogen-bond donors (Lipinski definition) is 9. The summed E-state index contributed by atoms with van der Waals surface area (Å²) in [6.45, 7) is -1.51. The van der Waals surface area contributed by atoms with Crippen molar-refractivity contribution >= 4 is 21.3 Å². The van der Waals surface area contributed by atoms with E-state index in [1.807, 2.05) is 0 Å². The zero-order valence-corrected chi connectivity index (χ0v) is 15.1. The topological polar surface area (TPSA) is 225 Å². The van der Waals surface area contributed by atoms with E-state index in [-0.39, 0.29) is 11.5 Å². The lowest BCUT2D eigenvalue weighted by molar-refractivity contribution is -0.129. The van der Waals surface area contributed by atoms with Crippen LogP contribution in [0.2, 0.25) is 0 Å². The number of hydrogen-bond acceptors (Lipinski definition) is 11. The van der Waals surface area contributed by atoms with Crippen molar-refractivity contribution in [2.75, 3.05) is 24.7 Å². The molecular weight excluding hydrogens is 400 g/mol. The fraction of sp³-hybridized carbons (Fsp3) is 1.00. The molecule has 1 aliphatic heterocycles. The molecule has 1 fully saturated rings. The first kappa shape index (κ1) is 23.9. The molecule has 9 N–H and O–H groups in total. The van der Waals surface area contributed by atoms with E-state index in [1.54, 1.807) is 0 Å². The molecule has 9 atom stereocenters. The first-order valence-electron chi connectivity index (χ1n) is 7.55. The highest BCUT2D eigenvalue weighted by Crippen LogP contribution is 2.26. The molecule has 0 aromatic rings. The molecule has 26 heavy (non-hydrogen) atoms. The lowest BCUT2D eigenvalue weighted by Crippen LogP contribution is -2.53. The maximum Gasteiger partial charge on any atom is 0.397 e. The van der Waals surface area contributed by atoms with E-state index < -0.39 is 82.5 Å². The van der Waals surface area contributed by atoms with E-state index >= 15 is 0 Å². The lowest BCUT2D eigenvalue weighted by Gasteiger charge is -2.30. The fourth-order valence-electron chi connectivity index (χ4n) is 2.62. The van der Waals surface area contributed by atoms with Crippen molar-refractivity contribution < 1.29 is 58.0 Å². The standard InChI is InChI=1S/C12H24O12S2/c13-1-5(15)10(19)11(20)12(24-26(21,22)23)7(17)4-25-3-6(16)9(18)8(25)2-14/h5-20H,1-4H2/p+1/t5?,6-,7-,8-,9+,10?,11+,12-,25+/m1/s1. The zero-order chi connectivity index (χ0) is 20.2. The van der Waals surface area contributed by atoms with Crippen LogP contribution in [0.4, 0.5) is 0 Å². The van der Waals surface area contributed by atoms with Crippen molar-refractivity contribution in [3.63, 3.8) is 0 Å². The predicted molar refractivity (Wildman–Crippen MR) is 87.5 cm³/mol. The average molecular weight is 425 g/mol. The molecule has 14 heteroatoms. The van der Waals surface area contributed by atoms with Gasteiger partial charge in [-0.1, -0.05) is 0 Å². The third-order valence-corrected chi connectivity index (χ3v) is 7.32. The summed E-state index contributed by atoms with van der Waals surface area (Å²) in [5.74, 6) is -0.363. The van der Waals surface area contributed by atoms with Crippen molar-refractivity contribution in [3.8, 4) is 0 Å². The summed E-state index contributed by atoms with van der Waals surface area (Å²) in [7, 11) is -6.18. The summed E-state index contributed by atoms with van der Waals surface area (Å²) < 4.78 is 35.0. The van der Waals surface area contributed by atoms with Gasteiger partial charge in [-0.15, -0.1) is 0 Å². The normalized spacial score (nSPS) is 32.8. The molecule has 0 spiro atoms. The molecule has 0 saturated carbocycles. The Hall–Kier alpha value is -0.100. The van der Waals surface area contributed by atoms with Gasteiger partial charge in [-0.25, -0.2) is 4.18 Å². The third-order valence-electron chi connectivity index (χ3n) is 4.03. The van der Waals surface area contributed by atoms with Gasteiger partial charge in [0.2, 0.25) is 0 Å². The molecule has 0 aromatic heterocycles. The smallest absolute Gasteiger partial charge is 0.394 e. The zero-order valence-electron chi connectivity index (χ0n) is 13.5. The Kier molecular flexibility index (Phi) is 9.12. The maximum atomic E-state index is 11.0. The molecule has 12 nitrogen and oxygen atoms in total. The predicted octanol–water partition coefficient (Wildman–Crippen LogP) is -5.68. The van der Waals surface area contributed by atoms with Crippen molar-refractivity contribution in [3.05, 3.63) is 0 Å². The molecule has 0 aromatic carbocycles. The van der Waals surface area contributed by atoms with Crippen LogP contribution in [0.15, 0.2) is 0 Å². The van der Waals surface area contributed by atoms with Gasteiger partial charge in [-0.05, 0) is 0 Å². The SMILES string of the molecule is O=S(=O)(O)O[C@H]([C@H](O)C[S@+]1C[C@@H](O)[C@H](O)[C@H]1CO)[C@@H](O)C(O)C(O)CO. The summed E-state index contributed by atoms with van der Waals surface area (Å²) in [4.78, 5) is 0. The first-order chi connectivity index (χ1) is 11.9. The Labute approximate surface area is 152 Å². The number of aliphatic hydroxyl groups excluding tert-OH is 8. The second-order valence-electron chi connectivity index (χ2n) is 5.94. The van der Waals surface area contributed by atoms with E-state index in [4.69, 9.17) is 9.66 Å². The third kappa shape index (κ3) is 6.22. The highest BCUT2D eigenvalue weighted by Gasteiger charge is 2.52. The Balaban J connectivity index is 2.95. The molecule has 156 valence electrons. The van der Waals surface area contributed by atoms with Crippen LogP contribution in [0.25, 0.3) is 0 Å². The second-order valence-corrected chi connectivity index (χ2v) is 9.33. The van der Waals surface area contributed by atoms with Gasteiger partial charge in [0.25, 0.3) is 0 Å². The quantitative estimate of drug-likeness (QED) is 0.118. The van der Waals surface area contributed by atoms with Gasteiger partial charge in [0, 0.05) is 10.9 Å². The van der Waals surface area contributed by atoms with Gasteiger partial charge in [0.15, 0.2) is 5.25 Å². The van der Waals surface area contributed by atoms with Crippen LogP contribution in [-0.4, -0.2) is 127 Å². The molecule has 1 rings (SSSR count). The first-order valence-corrected chi connectivity index (χ1v) is 10.5. The van der Waals surface area contributed by atoms with Crippen LogP contribution >= 0.6 is 0 Å². The molecule has 0 radical (unpaired) electrons. The minimum atomic E-state index is -5.17. The molecule has 0 bridgehead atoms. The van der Waals surface area contributed by atoms with Crippen molar-refractivity contribution in [2.45, 2.75) is 48.0 Å². The number of aliphatic hydroxyl groups is 8. The highest BCUT2D eigenvalue weighted by molar-refractivity contribution is 7.97. The maximum absolute atomic E-state index is 11.0. The minimum absolute atomic E-state index is 0.0139. The Morgan fingerprint density at radius 1 is 1.04 bits per heavy atom. The second kappa shape index (κ2) is 9.90. The lowest BCUT2D eigenvalue weighted by atomic mass is 10.0. The monoisotopic (exact) mass is 425 g/mol. The van der Waals surface area contributed by atoms with E-state index in [9.17, 15) is 44.2 Å². The molecule has 1 heterocycles. The van der Waals surface area contributed by atoms with Crippen LogP contribution in [-0.2, 0) is 25.5 Å². The Morgan fingerprint density at radius 3 is 2.08 bits per heavy atom. The van der Waals surface area contributed by atoms with E-state index in [0.29, 0.717) is 0 Å². The van der Waals surface area contributed by atoms with Gasteiger partial charge >= 0.3 is 10.4 Å². The van der Waals surface area contributed by atoms with Crippen LogP contribution < -0.4 is 0 Å². The van der Waals surface area contributed by atoms with Crippen molar-refractivity contribution in [1.29, 1.82) is 0 Å². The summed E-state index contributed by atoms with van der Waals surface area (Å²) in [5, 5.41) is 76.0. The van der Waals surface area contributed by atoms with Gasteiger partial charge in [0.05, 0.1) is 13.2 Å².